The van der Waals surface area contributed by atoms with Gasteiger partial charge in [0.05, 0.1) is 0 Å². The molecule has 1 heterocycles. The molecular formula is C20H19N3OS. The molecule has 0 bridgehead atoms. The van der Waals surface area contributed by atoms with Crippen LogP contribution in [0.1, 0.15) is 21.9 Å². The zero-order valence-electron chi connectivity index (χ0n) is 14.1. The van der Waals surface area contributed by atoms with Gasteiger partial charge in [-0.15, -0.1) is 0 Å². The number of aromatic nitrogens is 2. The van der Waals surface area contributed by atoms with Gasteiger partial charge in [-0.2, -0.15) is 0 Å². The summed E-state index contributed by atoms with van der Waals surface area (Å²) in [6, 6.07) is 17.5. The molecule has 0 spiro atoms. The van der Waals surface area contributed by atoms with Gasteiger partial charge >= 0.3 is 0 Å². The van der Waals surface area contributed by atoms with E-state index < -0.39 is 5.25 Å². The Morgan fingerprint density at radius 2 is 1.72 bits per heavy atom. The van der Waals surface area contributed by atoms with Crippen LogP contribution in [-0.4, -0.2) is 15.9 Å². The molecule has 1 unspecified atom stereocenters. The number of aryl methyl sites for hydroxylation is 2. The van der Waals surface area contributed by atoms with E-state index in [4.69, 9.17) is 0 Å². The van der Waals surface area contributed by atoms with Crippen LogP contribution in [0.4, 0.5) is 5.69 Å². The van der Waals surface area contributed by atoms with Crippen molar-refractivity contribution in [3.05, 3.63) is 83.7 Å². The number of amides is 1. The number of rotatable bonds is 5. The van der Waals surface area contributed by atoms with Crippen LogP contribution in [0.15, 0.2) is 72.1 Å². The Kier molecular flexibility index (Phi) is 5.46. The highest BCUT2D eigenvalue weighted by Gasteiger charge is 2.23. The molecule has 0 saturated carbocycles. The van der Waals surface area contributed by atoms with Crippen LogP contribution < -0.4 is 5.32 Å². The molecule has 0 fully saturated rings. The zero-order valence-corrected chi connectivity index (χ0v) is 15.0. The number of thioether (sulfide) groups is 1. The van der Waals surface area contributed by atoms with Gasteiger partial charge in [0.1, 0.15) is 5.25 Å². The van der Waals surface area contributed by atoms with Crippen molar-refractivity contribution >= 4 is 23.4 Å². The van der Waals surface area contributed by atoms with E-state index in [0.717, 1.165) is 22.4 Å². The van der Waals surface area contributed by atoms with Gasteiger partial charge in [0, 0.05) is 18.1 Å². The minimum Gasteiger partial charge on any atom is -0.325 e. The second kappa shape index (κ2) is 7.94. The summed E-state index contributed by atoms with van der Waals surface area (Å²) in [5, 5.41) is 3.20. The van der Waals surface area contributed by atoms with Gasteiger partial charge in [-0.1, -0.05) is 54.2 Å². The Balaban J connectivity index is 1.88. The summed E-state index contributed by atoms with van der Waals surface area (Å²) in [6.45, 7) is 4.00. The van der Waals surface area contributed by atoms with Crippen molar-refractivity contribution in [2.45, 2.75) is 24.3 Å². The van der Waals surface area contributed by atoms with Crippen molar-refractivity contribution in [3.63, 3.8) is 0 Å². The molecule has 1 atom stereocenters. The lowest BCUT2D eigenvalue weighted by atomic mass is 10.1. The lowest BCUT2D eigenvalue weighted by Gasteiger charge is -2.17. The predicted molar refractivity (Wildman–Crippen MR) is 102 cm³/mol. The Morgan fingerprint density at radius 3 is 2.44 bits per heavy atom. The number of carbonyl (C=O) groups excluding carboxylic acids is 1. The highest BCUT2D eigenvalue weighted by Crippen LogP contribution is 2.34. The molecule has 1 amide bonds. The molecule has 0 saturated heterocycles. The Morgan fingerprint density at radius 1 is 1.00 bits per heavy atom. The Bertz CT molecular complexity index is 853. The van der Waals surface area contributed by atoms with Crippen LogP contribution in [0.3, 0.4) is 0 Å². The van der Waals surface area contributed by atoms with Crippen LogP contribution in [0, 0.1) is 13.8 Å². The molecule has 3 rings (SSSR count). The van der Waals surface area contributed by atoms with E-state index in [1.165, 1.54) is 11.8 Å². The second-order valence-corrected chi connectivity index (χ2v) is 6.82. The van der Waals surface area contributed by atoms with Gasteiger partial charge in [-0.05, 0) is 42.7 Å². The standard InChI is InChI=1S/C20H19N3OS/c1-14-9-10-15(2)17(13-14)23-19(24)18(16-7-4-3-5-8-16)25-20-21-11-6-12-22-20/h3-13,18H,1-2H3,(H,23,24). The van der Waals surface area contributed by atoms with Gasteiger partial charge in [0.15, 0.2) is 5.16 Å². The average Bonchev–Trinajstić information content (AvgIpc) is 2.64. The maximum Gasteiger partial charge on any atom is 0.242 e. The molecule has 0 aliphatic carbocycles. The van der Waals surface area contributed by atoms with Crippen molar-refractivity contribution in [2.75, 3.05) is 5.32 Å². The smallest absolute Gasteiger partial charge is 0.242 e. The summed E-state index contributed by atoms with van der Waals surface area (Å²) in [5.74, 6) is -0.0858. The summed E-state index contributed by atoms with van der Waals surface area (Å²) in [5.41, 5.74) is 3.89. The minimum absolute atomic E-state index is 0.0858. The first-order valence-electron chi connectivity index (χ1n) is 8.00. The maximum atomic E-state index is 13.0. The third-order valence-electron chi connectivity index (χ3n) is 3.76. The second-order valence-electron chi connectivity index (χ2n) is 5.75. The van der Waals surface area contributed by atoms with Crippen molar-refractivity contribution in [3.8, 4) is 0 Å². The number of carbonyl (C=O) groups is 1. The van der Waals surface area contributed by atoms with E-state index in [0.29, 0.717) is 5.16 Å². The molecule has 0 radical (unpaired) electrons. The molecule has 3 aromatic rings. The fourth-order valence-electron chi connectivity index (χ4n) is 2.42. The van der Waals surface area contributed by atoms with E-state index in [1.54, 1.807) is 18.5 Å². The minimum atomic E-state index is -0.427. The van der Waals surface area contributed by atoms with Crippen molar-refractivity contribution in [1.29, 1.82) is 0 Å². The van der Waals surface area contributed by atoms with Gasteiger partial charge in [-0.25, -0.2) is 9.97 Å². The third kappa shape index (κ3) is 4.45. The summed E-state index contributed by atoms with van der Waals surface area (Å²) < 4.78 is 0. The maximum absolute atomic E-state index is 13.0. The summed E-state index contributed by atoms with van der Waals surface area (Å²) >= 11 is 1.34. The molecule has 1 N–H and O–H groups in total. The fourth-order valence-corrected chi connectivity index (χ4v) is 3.33. The lowest BCUT2D eigenvalue weighted by Crippen LogP contribution is -2.20. The SMILES string of the molecule is Cc1ccc(C)c(NC(=O)C(Sc2ncccn2)c2ccccc2)c1. The summed E-state index contributed by atoms with van der Waals surface area (Å²) in [6.07, 6.45) is 3.36. The molecule has 5 heteroatoms. The molecule has 1 aromatic heterocycles. The summed E-state index contributed by atoms with van der Waals surface area (Å²) in [7, 11) is 0. The predicted octanol–water partition coefficient (Wildman–Crippen LogP) is 4.57. The van der Waals surface area contributed by atoms with E-state index in [-0.39, 0.29) is 5.91 Å². The molecule has 0 aliphatic rings. The van der Waals surface area contributed by atoms with E-state index in [9.17, 15) is 4.79 Å². The van der Waals surface area contributed by atoms with Crippen LogP contribution in [0.5, 0.6) is 0 Å². The third-order valence-corrected chi connectivity index (χ3v) is 4.90. The van der Waals surface area contributed by atoms with Crippen LogP contribution in [0.25, 0.3) is 0 Å². The largest absolute Gasteiger partial charge is 0.325 e. The van der Waals surface area contributed by atoms with E-state index >= 15 is 0 Å². The fraction of sp³-hybridized carbons (Fsp3) is 0.150. The number of hydrogen-bond donors (Lipinski definition) is 1. The van der Waals surface area contributed by atoms with Crippen molar-refractivity contribution < 1.29 is 4.79 Å². The topological polar surface area (TPSA) is 54.9 Å². The molecule has 0 aliphatic heterocycles. The first-order valence-corrected chi connectivity index (χ1v) is 8.88. The highest BCUT2D eigenvalue weighted by atomic mass is 32.2. The highest BCUT2D eigenvalue weighted by molar-refractivity contribution is 8.00. The zero-order chi connectivity index (χ0) is 17.6. The van der Waals surface area contributed by atoms with Gasteiger partial charge in [0.25, 0.3) is 0 Å². The molecule has 126 valence electrons. The van der Waals surface area contributed by atoms with Crippen LogP contribution >= 0.6 is 11.8 Å². The first kappa shape index (κ1) is 17.2. The normalized spacial score (nSPS) is 11.8. The first-order chi connectivity index (χ1) is 12.1. The van der Waals surface area contributed by atoms with E-state index in [2.05, 4.69) is 15.3 Å². The van der Waals surface area contributed by atoms with Crippen molar-refractivity contribution in [1.82, 2.24) is 9.97 Å². The Hall–Kier alpha value is -2.66. The number of benzene rings is 2. The van der Waals surface area contributed by atoms with Crippen LogP contribution in [-0.2, 0) is 4.79 Å². The molecule has 25 heavy (non-hydrogen) atoms. The van der Waals surface area contributed by atoms with Gasteiger partial charge < -0.3 is 5.32 Å². The van der Waals surface area contributed by atoms with Crippen LogP contribution in [0.2, 0.25) is 0 Å². The molecule has 4 nitrogen and oxygen atoms in total. The quantitative estimate of drug-likeness (QED) is 0.542. The number of nitrogens with zero attached hydrogens (tertiary/aromatic N) is 2. The van der Waals surface area contributed by atoms with Crippen molar-refractivity contribution in [2.24, 2.45) is 0 Å². The van der Waals surface area contributed by atoms with Gasteiger partial charge in [-0.3, -0.25) is 4.79 Å². The molecule has 2 aromatic carbocycles. The lowest BCUT2D eigenvalue weighted by molar-refractivity contribution is -0.115. The number of nitrogens with one attached hydrogen (secondary N) is 1. The number of anilines is 1. The van der Waals surface area contributed by atoms with E-state index in [1.807, 2.05) is 62.4 Å². The molecular weight excluding hydrogens is 330 g/mol. The number of hydrogen-bond acceptors (Lipinski definition) is 4. The monoisotopic (exact) mass is 349 g/mol. The van der Waals surface area contributed by atoms with Gasteiger partial charge in [0.2, 0.25) is 5.91 Å². The average molecular weight is 349 g/mol. The Labute approximate surface area is 151 Å². The summed E-state index contributed by atoms with van der Waals surface area (Å²) in [4.78, 5) is 21.5.